The molecule has 1 fully saturated rings. The molecule has 3 N–H and O–H groups in total. The van der Waals surface area contributed by atoms with Crippen LogP contribution >= 0.6 is 0 Å². The van der Waals surface area contributed by atoms with Gasteiger partial charge in [-0.1, -0.05) is 12.1 Å². The lowest BCUT2D eigenvalue weighted by atomic mass is 10.2. The average Bonchev–Trinajstić information content (AvgIpc) is 3.03. The van der Waals surface area contributed by atoms with Crippen LogP contribution < -0.4 is 5.73 Å². The SMILES string of the molecule is Cc1cccc2[nH]c(CCC(=O)N3CC[C@H](N)C3)nc12. The Hall–Kier alpha value is -1.88. The number of hydrogen-bond donors (Lipinski definition) is 2. The van der Waals surface area contributed by atoms with Crippen LogP contribution in [0.25, 0.3) is 11.0 Å². The summed E-state index contributed by atoms with van der Waals surface area (Å²) in [7, 11) is 0. The number of aryl methyl sites for hydroxylation is 2. The minimum absolute atomic E-state index is 0.146. The smallest absolute Gasteiger partial charge is 0.223 e. The Bertz CT molecular complexity index is 634. The first-order valence-electron chi connectivity index (χ1n) is 7.11. The quantitative estimate of drug-likeness (QED) is 0.886. The molecule has 0 radical (unpaired) electrons. The summed E-state index contributed by atoms with van der Waals surface area (Å²) in [5, 5.41) is 0. The monoisotopic (exact) mass is 272 g/mol. The van der Waals surface area contributed by atoms with Crippen LogP contribution in [0.1, 0.15) is 24.2 Å². The van der Waals surface area contributed by atoms with Gasteiger partial charge in [-0.15, -0.1) is 0 Å². The molecule has 0 spiro atoms. The van der Waals surface area contributed by atoms with Crippen molar-refractivity contribution in [3.63, 3.8) is 0 Å². The maximum absolute atomic E-state index is 12.1. The molecule has 1 atom stereocenters. The van der Waals surface area contributed by atoms with Gasteiger partial charge < -0.3 is 15.6 Å². The van der Waals surface area contributed by atoms with Gasteiger partial charge in [-0.3, -0.25) is 4.79 Å². The van der Waals surface area contributed by atoms with Crippen molar-refractivity contribution in [2.24, 2.45) is 5.73 Å². The topological polar surface area (TPSA) is 75.0 Å². The van der Waals surface area contributed by atoms with E-state index >= 15 is 0 Å². The van der Waals surface area contributed by atoms with Gasteiger partial charge in [0.1, 0.15) is 5.82 Å². The van der Waals surface area contributed by atoms with Crippen molar-refractivity contribution in [3.8, 4) is 0 Å². The van der Waals surface area contributed by atoms with Crippen molar-refractivity contribution < 1.29 is 4.79 Å². The first-order chi connectivity index (χ1) is 9.63. The number of carbonyl (C=O) groups is 1. The maximum atomic E-state index is 12.1. The minimum Gasteiger partial charge on any atom is -0.342 e. The summed E-state index contributed by atoms with van der Waals surface area (Å²) in [6.45, 7) is 3.53. The van der Waals surface area contributed by atoms with Crippen molar-refractivity contribution in [3.05, 3.63) is 29.6 Å². The maximum Gasteiger partial charge on any atom is 0.223 e. The van der Waals surface area contributed by atoms with Gasteiger partial charge in [0.2, 0.25) is 5.91 Å². The highest BCUT2D eigenvalue weighted by atomic mass is 16.2. The molecule has 1 saturated heterocycles. The van der Waals surface area contributed by atoms with Crippen molar-refractivity contribution in [2.45, 2.75) is 32.2 Å². The molecule has 5 nitrogen and oxygen atoms in total. The van der Waals surface area contributed by atoms with Crippen molar-refractivity contribution in [1.29, 1.82) is 0 Å². The van der Waals surface area contributed by atoms with Gasteiger partial charge in [0, 0.05) is 32.0 Å². The number of carbonyl (C=O) groups excluding carboxylic acids is 1. The second-order valence-electron chi connectivity index (χ2n) is 5.54. The Kier molecular flexibility index (Phi) is 3.44. The number of amides is 1. The number of aromatic amines is 1. The number of imidazole rings is 1. The number of nitrogens with one attached hydrogen (secondary N) is 1. The normalized spacial score (nSPS) is 18.9. The number of fused-ring (bicyclic) bond motifs is 1. The molecule has 0 bridgehead atoms. The molecule has 0 saturated carbocycles. The molecule has 5 heteroatoms. The second kappa shape index (κ2) is 5.25. The minimum atomic E-state index is 0.146. The number of H-pyrrole nitrogens is 1. The number of hydrogen-bond acceptors (Lipinski definition) is 3. The average molecular weight is 272 g/mol. The predicted molar refractivity (Wildman–Crippen MR) is 78.3 cm³/mol. The third kappa shape index (κ3) is 2.54. The highest BCUT2D eigenvalue weighted by Gasteiger charge is 2.23. The van der Waals surface area contributed by atoms with E-state index in [4.69, 9.17) is 5.73 Å². The zero-order chi connectivity index (χ0) is 14.1. The number of rotatable bonds is 3. The third-order valence-corrected chi connectivity index (χ3v) is 3.92. The number of para-hydroxylation sites is 1. The number of nitrogens with zero attached hydrogens (tertiary/aromatic N) is 2. The molecule has 0 unspecified atom stereocenters. The van der Waals surface area contributed by atoms with Crippen molar-refractivity contribution >= 4 is 16.9 Å². The zero-order valence-electron chi connectivity index (χ0n) is 11.7. The van der Waals surface area contributed by atoms with E-state index in [0.717, 1.165) is 35.4 Å². The zero-order valence-corrected chi connectivity index (χ0v) is 11.7. The largest absolute Gasteiger partial charge is 0.342 e. The van der Waals surface area contributed by atoms with Gasteiger partial charge >= 0.3 is 0 Å². The molecule has 1 aromatic carbocycles. The molecule has 2 aromatic rings. The van der Waals surface area contributed by atoms with Crippen LogP contribution in [0.15, 0.2) is 18.2 Å². The van der Waals surface area contributed by atoms with E-state index in [9.17, 15) is 4.79 Å². The van der Waals surface area contributed by atoms with Crippen LogP contribution in [0.3, 0.4) is 0 Å². The summed E-state index contributed by atoms with van der Waals surface area (Å²) in [5.74, 6) is 1.06. The summed E-state index contributed by atoms with van der Waals surface area (Å²) < 4.78 is 0. The molecule has 0 aliphatic carbocycles. The van der Waals surface area contributed by atoms with Crippen LogP contribution in [0.5, 0.6) is 0 Å². The van der Waals surface area contributed by atoms with Crippen LogP contribution in [0.2, 0.25) is 0 Å². The predicted octanol–water partition coefficient (Wildman–Crippen LogP) is 1.36. The van der Waals surface area contributed by atoms with Crippen molar-refractivity contribution in [1.82, 2.24) is 14.9 Å². The lowest BCUT2D eigenvalue weighted by Gasteiger charge is -2.14. The fraction of sp³-hybridized carbons (Fsp3) is 0.467. The highest BCUT2D eigenvalue weighted by molar-refractivity contribution is 5.79. The van der Waals surface area contributed by atoms with Gasteiger partial charge in [-0.25, -0.2) is 4.98 Å². The van der Waals surface area contributed by atoms with E-state index < -0.39 is 0 Å². The molecule has 1 aliphatic rings. The standard InChI is InChI=1S/C15H20N4O/c1-10-3-2-4-12-15(10)18-13(17-12)5-6-14(20)19-8-7-11(16)9-19/h2-4,11H,5-9,16H2,1H3,(H,17,18)/t11-/m0/s1. The van der Waals surface area contributed by atoms with Crippen LogP contribution in [0, 0.1) is 6.92 Å². The van der Waals surface area contributed by atoms with Gasteiger partial charge in [-0.05, 0) is 25.0 Å². The number of aromatic nitrogens is 2. The molecule has 1 aromatic heterocycles. The van der Waals surface area contributed by atoms with Crippen molar-refractivity contribution in [2.75, 3.05) is 13.1 Å². The number of benzene rings is 1. The van der Waals surface area contributed by atoms with Gasteiger partial charge in [-0.2, -0.15) is 0 Å². The Morgan fingerprint density at radius 2 is 2.40 bits per heavy atom. The first kappa shape index (κ1) is 13.1. The Labute approximate surface area is 118 Å². The van der Waals surface area contributed by atoms with E-state index in [1.807, 2.05) is 30.0 Å². The summed E-state index contributed by atoms with van der Waals surface area (Å²) in [6.07, 6.45) is 2.06. The Morgan fingerprint density at radius 3 is 3.10 bits per heavy atom. The molecular formula is C15H20N4O. The lowest BCUT2D eigenvalue weighted by Crippen LogP contribution is -2.32. The summed E-state index contributed by atoms with van der Waals surface area (Å²) in [4.78, 5) is 21.8. The molecule has 1 amide bonds. The van der Waals surface area contributed by atoms with Gasteiger partial charge in [0.05, 0.1) is 11.0 Å². The molecule has 20 heavy (non-hydrogen) atoms. The molecule has 106 valence electrons. The van der Waals surface area contributed by atoms with Crippen LogP contribution in [-0.2, 0) is 11.2 Å². The summed E-state index contributed by atoms with van der Waals surface area (Å²) in [6, 6.07) is 6.22. The number of likely N-dealkylation sites (tertiary alicyclic amines) is 1. The fourth-order valence-corrected chi connectivity index (χ4v) is 2.74. The Balaban J connectivity index is 1.65. The van der Waals surface area contributed by atoms with E-state index in [2.05, 4.69) is 9.97 Å². The second-order valence-corrected chi connectivity index (χ2v) is 5.54. The third-order valence-electron chi connectivity index (χ3n) is 3.92. The van der Waals surface area contributed by atoms with E-state index in [-0.39, 0.29) is 11.9 Å². The molecule has 1 aliphatic heterocycles. The van der Waals surface area contributed by atoms with Crippen LogP contribution in [-0.4, -0.2) is 39.9 Å². The fourth-order valence-electron chi connectivity index (χ4n) is 2.74. The molecule has 3 rings (SSSR count). The van der Waals surface area contributed by atoms with E-state index in [0.29, 0.717) is 19.4 Å². The lowest BCUT2D eigenvalue weighted by molar-refractivity contribution is -0.130. The Morgan fingerprint density at radius 1 is 1.55 bits per heavy atom. The van der Waals surface area contributed by atoms with Gasteiger partial charge in [0.15, 0.2) is 0 Å². The van der Waals surface area contributed by atoms with Gasteiger partial charge in [0.25, 0.3) is 0 Å². The molecular weight excluding hydrogens is 252 g/mol. The first-order valence-corrected chi connectivity index (χ1v) is 7.11. The summed E-state index contributed by atoms with van der Waals surface area (Å²) >= 11 is 0. The van der Waals surface area contributed by atoms with E-state index in [1.165, 1.54) is 0 Å². The highest BCUT2D eigenvalue weighted by Crippen LogP contribution is 2.16. The molecule has 2 heterocycles. The summed E-state index contributed by atoms with van der Waals surface area (Å²) in [5.41, 5.74) is 9.02. The number of nitrogens with two attached hydrogens (primary N) is 1. The van der Waals surface area contributed by atoms with Crippen LogP contribution in [0.4, 0.5) is 0 Å². The van der Waals surface area contributed by atoms with E-state index in [1.54, 1.807) is 0 Å².